The molecule has 0 N–H and O–H groups in total. The van der Waals surface area contributed by atoms with Crippen LogP contribution in [0.1, 0.15) is 11.1 Å². The molecule has 92 valence electrons. The van der Waals surface area contributed by atoms with Gasteiger partial charge in [0.2, 0.25) is 0 Å². The minimum absolute atomic E-state index is 1.30. The van der Waals surface area contributed by atoms with E-state index in [0.717, 1.165) is 0 Å². The number of hydrogen-bond donors (Lipinski definition) is 0. The molecule has 0 fully saturated rings. The fourth-order valence-corrected chi connectivity index (χ4v) is 1.94. The van der Waals surface area contributed by atoms with Crippen LogP contribution >= 0.6 is 0 Å². The third-order valence-corrected chi connectivity index (χ3v) is 2.98. The first-order chi connectivity index (χ1) is 8.66. The first-order valence-electron chi connectivity index (χ1n) is 6.20. The molecular weight excluding hydrogens is 218 g/mol. The summed E-state index contributed by atoms with van der Waals surface area (Å²) in [5.41, 5.74) is 3.95. The molecule has 1 nitrogen and oxygen atoms in total. The van der Waals surface area contributed by atoms with Crippen LogP contribution in [0.2, 0.25) is 0 Å². The van der Waals surface area contributed by atoms with E-state index in [4.69, 9.17) is 0 Å². The lowest BCUT2D eigenvalue weighted by Crippen LogP contribution is -1.82. The second-order valence-electron chi connectivity index (χ2n) is 4.64. The highest BCUT2D eigenvalue weighted by atomic mass is 14.9. The summed E-state index contributed by atoms with van der Waals surface area (Å²) in [6.07, 6.45) is 2.09. The van der Waals surface area contributed by atoms with Crippen LogP contribution in [0.3, 0.4) is 0 Å². The Kier molecular flexibility index (Phi) is 3.83. The van der Waals surface area contributed by atoms with Gasteiger partial charge in [0.25, 0.3) is 0 Å². The molecule has 0 aliphatic heterocycles. The maximum absolute atomic E-state index is 2.20. The normalized spacial score (nSPS) is 9.94. The van der Waals surface area contributed by atoms with Crippen molar-refractivity contribution >= 4 is 10.9 Å². The van der Waals surface area contributed by atoms with Crippen LogP contribution in [0.15, 0.2) is 60.8 Å². The zero-order valence-corrected chi connectivity index (χ0v) is 11.2. The third-order valence-electron chi connectivity index (χ3n) is 2.98. The Morgan fingerprint density at radius 3 is 2.11 bits per heavy atom. The summed E-state index contributed by atoms with van der Waals surface area (Å²) >= 11 is 0. The lowest BCUT2D eigenvalue weighted by Gasteiger charge is -1.95. The summed E-state index contributed by atoms with van der Waals surface area (Å²) in [4.78, 5) is 0. The quantitative estimate of drug-likeness (QED) is 0.543. The van der Waals surface area contributed by atoms with Crippen molar-refractivity contribution in [3.63, 3.8) is 0 Å². The zero-order chi connectivity index (χ0) is 13.0. The second-order valence-corrected chi connectivity index (χ2v) is 4.64. The molecular formula is C17H19N. The van der Waals surface area contributed by atoms with Gasteiger partial charge in [-0.1, -0.05) is 47.5 Å². The molecule has 3 aromatic rings. The van der Waals surface area contributed by atoms with Gasteiger partial charge in [-0.3, -0.25) is 0 Å². The predicted octanol–water partition coefficient (Wildman–Crippen LogP) is 4.48. The van der Waals surface area contributed by atoms with Crippen molar-refractivity contribution in [3.05, 3.63) is 71.9 Å². The Bertz CT molecular complexity index is 620. The summed E-state index contributed by atoms with van der Waals surface area (Å²) in [5, 5.41) is 1.33. The molecule has 0 unspecified atom stereocenters. The van der Waals surface area contributed by atoms with Gasteiger partial charge in [0.05, 0.1) is 0 Å². The van der Waals surface area contributed by atoms with Gasteiger partial charge in [0.1, 0.15) is 0 Å². The molecule has 18 heavy (non-hydrogen) atoms. The van der Waals surface area contributed by atoms with E-state index in [0.29, 0.717) is 0 Å². The maximum atomic E-state index is 2.20. The van der Waals surface area contributed by atoms with Gasteiger partial charge < -0.3 is 4.57 Å². The van der Waals surface area contributed by atoms with Crippen molar-refractivity contribution in [3.8, 4) is 0 Å². The smallest absolute Gasteiger partial charge is 0.0477 e. The van der Waals surface area contributed by atoms with Gasteiger partial charge in [-0.2, -0.15) is 0 Å². The van der Waals surface area contributed by atoms with Gasteiger partial charge in [-0.15, -0.1) is 0 Å². The maximum Gasteiger partial charge on any atom is 0.0477 e. The lowest BCUT2D eigenvalue weighted by molar-refractivity contribution is 0.969. The molecule has 0 saturated heterocycles. The van der Waals surface area contributed by atoms with E-state index in [-0.39, 0.29) is 0 Å². The fraction of sp³-hybridized carbons (Fsp3) is 0.176. The van der Waals surface area contributed by atoms with Crippen molar-refractivity contribution in [2.75, 3.05) is 0 Å². The number of aromatic nitrogens is 1. The van der Waals surface area contributed by atoms with Crippen molar-refractivity contribution in [1.29, 1.82) is 0 Å². The van der Waals surface area contributed by atoms with Crippen molar-refractivity contribution in [2.24, 2.45) is 7.05 Å². The zero-order valence-electron chi connectivity index (χ0n) is 11.2. The first kappa shape index (κ1) is 12.4. The largest absolute Gasteiger partial charge is 0.351 e. The molecule has 3 rings (SSSR count). The number of aryl methyl sites for hydroxylation is 3. The molecule has 0 amide bonds. The SMILES string of the molecule is Cc1ccc2c(ccn2C)c1.Cc1ccccc1. The van der Waals surface area contributed by atoms with Gasteiger partial charge in [0.15, 0.2) is 0 Å². The highest BCUT2D eigenvalue weighted by Crippen LogP contribution is 2.15. The molecule has 0 atom stereocenters. The fourth-order valence-electron chi connectivity index (χ4n) is 1.94. The number of nitrogens with zero attached hydrogens (tertiary/aromatic N) is 1. The summed E-state index contributed by atoms with van der Waals surface area (Å²) < 4.78 is 2.13. The number of benzene rings is 2. The van der Waals surface area contributed by atoms with Gasteiger partial charge in [-0.05, 0) is 37.4 Å². The Morgan fingerprint density at radius 1 is 0.778 bits per heavy atom. The number of rotatable bonds is 0. The Balaban J connectivity index is 0.000000149. The Labute approximate surface area is 109 Å². The second kappa shape index (κ2) is 5.54. The van der Waals surface area contributed by atoms with Crippen LogP contribution in [0.5, 0.6) is 0 Å². The van der Waals surface area contributed by atoms with E-state index in [9.17, 15) is 0 Å². The molecule has 1 heteroatoms. The van der Waals surface area contributed by atoms with Gasteiger partial charge >= 0.3 is 0 Å². The summed E-state index contributed by atoms with van der Waals surface area (Å²) in [6.45, 7) is 4.20. The first-order valence-corrected chi connectivity index (χ1v) is 6.20. The highest BCUT2D eigenvalue weighted by molar-refractivity contribution is 5.80. The monoisotopic (exact) mass is 237 g/mol. The average molecular weight is 237 g/mol. The third kappa shape index (κ3) is 3.01. The van der Waals surface area contributed by atoms with E-state index in [1.165, 1.54) is 22.0 Å². The number of hydrogen-bond acceptors (Lipinski definition) is 0. The van der Waals surface area contributed by atoms with E-state index >= 15 is 0 Å². The van der Waals surface area contributed by atoms with E-state index in [2.05, 4.69) is 68.1 Å². The average Bonchev–Trinajstić information content (AvgIpc) is 2.72. The van der Waals surface area contributed by atoms with Crippen molar-refractivity contribution in [2.45, 2.75) is 13.8 Å². The summed E-state index contributed by atoms with van der Waals surface area (Å²) in [6, 6.07) is 18.9. The molecule has 0 aliphatic rings. The molecule has 0 radical (unpaired) electrons. The van der Waals surface area contributed by atoms with E-state index in [1.807, 2.05) is 18.2 Å². The minimum Gasteiger partial charge on any atom is -0.351 e. The Hall–Kier alpha value is -2.02. The molecule has 0 aliphatic carbocycles. The van der Waals surface area contributed by atoms with Crippen LogP contribution < -0.4 is 0 Å². The Morgan fingerprint density at radius 2 is 1.50 bits per heavy atom. The van der Waals surface area contributed by atoms with E-state index in [1.54, 1.807) is 0 Å². The van der Waals surface area contributed by atoms with Gasteiger partial charge in [0, 0.05) is 18.8 Å². The summed E-state index contributed by atoms with van der Waals surface area (Å²) in [5.74, 6) is 0. The van der Waals surface area contributed by atoms with E-state index < -0.39 is 0 Å². The molecule has 2 aromatic carbocycles. The van der Waals surface area contributed by atoms with Crippen LogP contribution in [0, 0.1) is 13.8 Å². The van der Waals surface area contributed by atoms with Crippen molar-refractivity contribution in [1.82, 2.24) is 4.57 Å². The topological polar surface area (TPSA) is 4.93 Å². The predicted molar refractivity (Wildman–Crippen MR) is 78.8 cm³/mol. The molecule has 0 spiro atoms. The van der Waals surface area contributed by atoms with Gasteiger partial charge in [-0.25, -0.2) is 0 Å². The van der Waals surface area contributed by atoms with Crippen LogP contribution in [0.4, 0.5) is 0 Å². The minimum atomic E-state index is 1.30. The highest BCUT2D eigenvalue weighted by Gasteiger charge is 1.95. The molecule has 1 aromatic heterocycles. The van der Waals surface area contributed by atoms with Crippen LogP contribution in [-0.4, -0.2) is 4.57 Å². The summed E-state index contributed by atoms with van der Waals surface area (Å²) in [7, 11) is 2.07. The lowest BCUT2D eigenvalue weighted by atomic mass is 10.2. The standard InChI is InChI=1S/C10H11N.C7H8/c1-8-3-4-10-9(7-8)5-6-11(10)2;1-7-5-3-2-4-6-7/h3-7H,1-2H3;2-6H,1H3. The molecule has 0 bridgehead atoms. The van der Waals surface area contributed by atoms with Crippen molar-refractivity contribution < 1.29 is 0 Å². The number of fused-ring (bicyclic) bond motifs is 1. The van der Waals surface area contributed by atoms with Crippen LogP contribution in [0.25, 0.3) is 10.9 Å². The molecule has 0 saturated carbocycles. The van der Waals surface area contributed by atoms with Crippen LogP contribution in [-0.2, 0) is 7.05 Å². The molecule has 1 heterocycles.